The maximum Gasteiger partial charge on any atom is 0.293 e. The summed E-state index contributed by atoms with van der Waals surface area (Å²) in [4.78, 5) is 52.5. The summed E-state index contributed by atoms with van der Waals surface area (Å²) in [6.45, 7) is 6.15. The fraction of sp³-hybridized carbons (Fsp3) is 0.351. The Morgan fingerprint density at radius 1 is 0.830 bits per heavy atom. The van der Waals surface area contributed by atoms with E-state index in [0.717, 1.165) is 53.1 Å². The molecule has 0 bridgehead atoms. The van der Waals surface area contributed by atoms with Crippen LogP contribution in [0.1, 0.15) is 52.4 Å². The van der Waals surface area contributed by atoms with Crippen molar-refractivity contribution >= 4 is 34.7 Å². The first kappa shape index (κ1) is 30.7. The molecule has 1 aromatic heterocycles. The molecule has 0 radical (unpaired) electrons. The number of fused-ring (bicyclic) bond motifs is 1. The van der Waals surface area contributed by atoms with Crippen LogP contribution in [-0.4, -0.2) is 71.4 Å². The van der Waals surface area contributed by atoms with E-state index in [-0.39, 0.29) is 29.2 Å². The molecule has 2 amide bonds. The number of aromatic nitrogens is 2. The number of carbonyl (C=O) groups is 2. The fourth-order valence-corrected chi connectivity index (χ4v) is 7.09. The molecule has 3 aliphatic rings. The Balaban J connectivity index is 1.14. The molecule has 0 spiro atoms. The second-order valence-corrected chi connectivity index (χ2v) is 13.0. The Morgan fingerprint density at radius 2 is 1.60 bits per heavy atom. The molecule has 4 heterocycles. The van der Waals surface area contributed by atoms with Crippen molar-refractivity contribution in [1.82, 2.24) is 19.4 Å². The first-order valence-corrected chi connectivity index (χ1v) is 16.4. The molecule has 3 aromatic carbocycles. The summed E-state index contributed by atoms with van der Waals surface area (Å²) in [6.07, 6.45) is 5.41. The second kappa shape index (κ2) is 12.3. The minimum absolute atomic E-state index is 0.00238. The molecule has 10 nitrogen and oxygen atoms in total. The van der Waals surface area contributed by atoms with Gasteiger partial charge in [0.25, 0.3) is 11.5 Å². The average molecular weight is 632 g/mol. The zero-order valence-corrected chi connectivity index (χ0v) is 27.5. The predicted octanol–water partition coefficient (Wildman–Crippen LogP) is 5.09. The molecule has 2 saturated heterocycles. The van der Waals surface area contributed by atoms with Crippen LogP contribution < -0.4 is 20.7 Å². The summed E-state index contributed by atoms with van der Waals surface area (Å²) in [5.41, 5.74) is 7.54. The Morgan fingerprint density at radius 3 is 2.36 bits per heavy atom. The van der Waals surface area contributed by atoms with Gasteiger partial charge in [-0.2, -0.15) is 0 Å². The molecule has 1 N–H and O–H groups in total. The van der Waals surface area contributed by atoms with Crippen molar-refractivity contribution in [3.8, 4) is 11.3 Å². The van der Waals surface area contributed by atoms with E-state index in [4.69, 9.17) is 4.98 Å². The average Bonchev–Trinajstić information content (AvgIpc) is 3.41. The Kier molecular flexibility index (Phi) is 8.05. The normalized spacial score (nSPS) is 18.6. The molecule has 0 aliphatic carbocycles. The molecule has 3 aliphatic heterocycles. The van der Waals surface area contributed by atoms with Crippen molar-refractivity contribution < 1.29 is 9.59 Å². The summed E-state index contributed by atoms with van der Waals surface area (Å²) in [5, 5.41) is 3.20. The quantitative estimate of drug-likeness (QED) is 0.317. The number of piperidine rings is 1. The highest BCUT2D eigenvalue weighted by Crippen LogP contribution is 2.36. The Bertz CT molecular complexity index is 1910. The molecule has 2 fully saturated rings. The molecule has 7 rings (SSSR count). The lowest BCUT2D eigenvalue weighted by atomic mass is 10.0. The first-order valence-electron chi connectivity index (χ1n) is 16.4. The third-order valence-corrected chi connectivity index (χ3v) is 9.89. The van der Waals surface area contributed by atoms with Crippen LogP contribution in [-0.2, 0) is 18.4 Å². The lowest BCUT2D eigenvalue weighted by Crippen LogP contribution is -2.48. The van der Waals surface area contributed by atoms with Gasteiger partial charge in [0.05, 0.1) is 12.2 Å². The van der Waals surface area contributed by atoms with Gasteiger partial charge in [-0.25, -0.2) is 4.98 Å². The highest BCUT2D eigenvalue weighted by Gasteiger charge is 2.32. The number of anilines is 4. The number of benzene rings is 3. The SMILES string of the molecule is Cc1c(-c2cn(C)c(=O)c(Nc3ccc(C4C(=O)N(C)CCN4C)cc3)n2)cccc1N1Cc2cc(N3CCCCC3)ccc2C1=O. The van der Waals surface area contributed by atoms with Gasteiger partial charge in [-0.05, 0) is 86.3 Å². The van der Waals surface area contributed by atoms with Crippen LogP contribution in [0.2, 0.25) is 0 Å². The zero-order chi connectivity index (χ0) is 32.8. The lowest BCUT2D eigenvalue weighted by Gasteiger charge is -2.37. The molecule has 4 aromatic rings. The summed E-state index contributed by atoms with van der Waals surface area (Å²) in [5.74, 6) is 0.266. The number of hydrogen-bond acceptors (Lipinski definition) is 7. The number of aryl methyl sites for hydroxylation is 1. The van der Waals surface area contributed by atoms with E-state index in [1.54, 1.807) is 18.1 Å². The van der Waals surface area contributed by atoms with Crippen molar-refractivity contribution in [3.63, 3.8) is 0 Å². The van der Waals surface area contributed by atoms with E-state index in [1.807, 2.05) is 74.4 Å². The maximum atomic E-state index is 13.6. The molecule has 10 heteroatoms. The number of carbonyl (C=O) groups excluding carboxylic acids is 2. The highest BCUT2D eigenvalue weighted by atomic mass is 16.2. The van der Waals surface area contributed by atoms with Crippen molar-refractivity contribution in [2.45, 2.75) is 38.8 Å². The van der Waals surface area contributed by atoms with E-state index < -0.39 is 0 Å². The summed E-state index contributed by atoms with van der Waals surface area (Å²) >= 11 is 0. The van der Waals surface area contributed by atoms with Crippen molar-refractivity contribution in [2.75, 3.05) is 55.4 Å². The van der Waals surface area contributed by atoms with Gasteiger partial charge in [0.15, 0.2) is 5.82 Å². The number of nitrogens with zero attached hydrogens (tertiary/aromatic N) is 6. The molecular weight excluding hydrogens is 590 g/mol. The van der Waals surface area contributed by atoms with Gasteiger partial charge < -0.3 is 24.6 Å². The Hall–Kier alpha value is -4.96. The standard InChI is InChI=1S/C37H41N7O3/c1-24-29(9-8-10-32(24)44-22-26-21-28(15-16-30(26)35(44)45)43-17-6-5-7-18-43)31-23-42(4)37(47)34(39-31)38-27-13-11-25(12-14-27)33-36(46)41(3)20-19-40(33)2/h8-16,21,23,33H,5-7,17-20,22H2,1-4H3,(H,38,39). The number of rotatable bonds is 6. The van der Waals surface area contributed by atoms with Crippen LogP contribution in [0.25, 0.3) is 11.3 Å². The van der Waals surface area contributed by atoms with Crippen molar-refractivity contribution in [2.24, 2.45) is 7.05 Å². The predicted molar refractivity (Wildman–Crippen MR) is 185 cm³/mol. The number of nitrogens with one attached hydrogen (secondary N) is 1. The zero-order valence-electron chi connectivity index (χ0n) is 27.5. The molecular formula is C37H41N7O3. The van der Waals surface area contributed by atoms with Gasteiger partial charge in [0.1, 0.15) is 6.04 Å². The largest absolute Gasteiger partial charge is 0.372 e. The Labute approximate surface area is 275 Å². The smallest absolute Gasteiger partial charge is 0.293 e. The minimum atomic E-state index is -0.334. The van der Waals surface area contributed by atoms with Crippen LogP contribution >= 0.6 is 0 Å². The second-order valence-electron chi connectivity index (χ2n) is 13.0. The van der Waals surface area contributed by atoms with E-state index in [2.05, 4.69) is 27.2 Å². The van der Waals surface area contributed by atoms with E-state index in [0.29, 0.717) is 24.5 Å². The summed E-state index contributed by atoms with van der Waals surface area (Å²) in [6, 6.07) is 19.4. The summed E-state index contributed by atoms with van der Waals surface area (Å²) in [7, 11) is 5.50. The van der Waals surface area contributed by atoms with E-state index in [1.165, 1.54) is 29.5 Å². The van der Waals surface area contributed by atoms with Gasteiger partial charge in [-0.1, -0.05) is 24.3 Å². The third-order valence-electron chi connectivity index (χ3n) is 9.89. The fourth-order valence-electron chi connectivity index (χ4n) is 7.09. The van der Waals surface area contributed by atoms with Crippen molar-refractivity contribution in [3.05, 3.63) is 99.5 Å². The molecule has 47 heavy (non-hydrogen) atoms. The van der Waals surface area contributed by atoms with E-state index >= 15 is 0 Å². The first-order chi connectivity index (χ1) is 22.7. The van der Waals surface area contributed by atoms with Crippen molar-refractivity contribution in [1.29, 1.82) is 0 Å². The monoisotopic (exact) mass is 631 g/mol. The van der Waals surface area contributed by atoms with Gasteiger partial charge in [0, 0.05) is 74.7 Å². The number of hydrogen-bond donors (Lipinski definition) is 1. The van der Waals surface area contributed by atoms with Gasteiger partial charge in [-0.15, -0.1) is 0 Å². The lowest BCUT2D eigenvalue weighted by molar-refractivity contribution is -0.139. The van der Waals surface area contributed by atoms with Crippen LogP contribution in [0.4, 0.5) is 22.9 Å². The topological polar surface area (TPSA) is 94.0 Å². The summed E-state index contributed by atoms with van der Waals surface area (Å²) < 4.78 is 1.52. The molecule has 242 valence electrons. The van der Waals surface area contributed by atoms with Gasteiger partial charge in [-0.3, -0.25) is 19.3 Å². The van der Waals surface area contributed by atoms with E-state index in [9.17, 15) is 14.4 Å². The minimum Gasteiger partial charge on any atom is -0.372 e. The molecule has 1 atom stereocenters. The maximum absolute atomic E-state index is 13.6. The highest BCUT2D eigenvalue weighted by molar-refractivity contribution is 6.11. The number of amides is 2. The van der Waals surface area contributed by atoms with Gasteiger partial charge >= 0.3 is 0 Å². The molecule has 1 unspecified atom stereocenters. The van der Waals surface area contributed by atoms with Gasteiger partial charge in [0.2, 0.25) is 5.91 Å². The van der Waals surface area contributed by atoms with Crippen LogP contribution in [0.3, 0.4) is 0 Å². The van der Waals surface area contributed by atoms with Crippen LogP contribution in [0.15, 0.2) is 71.7 Å². The van der Waals surface area contributed by atoms with Crippen LogP contribution in [0, 0.1) is 6.92 Å². The third kappa shape index (κ3) is 5.67. The molecule has 0 saturated carbocycles. The van der Waals surface area contributed by atoms with Crippen LogP contribution in [0.5, 0.6) is 0 Å². The number of piperazine rings is 1. The number of likely N-dealkylation sites (N-methyl/N-ethyl adjacent to an activating group) is 2.